The van der Waals surface area contributed by atoms with Crippen molar-refractivity contribution in [2.24, 2.45) is 0 Å². The Morgan fingerprint density at radius 2 is 2.30 bits per heavy atom. The van der Waals surface area contributed by atoms with Gasteiger partial charge in [-0.2, -0.15) is 0 Å². The average Bonchev–Trinajstić information content (AvgIpc) is 1.57. The van der Waals surface area contributed by atoms with Crippen LogP contribution >= 0.6 is 29.8 Å². The first-order valence-electron chi connectivity index (χ1n) is 2.25. The van der Waals surface area contributed by atoms with Crippen molar-refractivity contribution >= 4 is 29.8 Å². The molecule has 10 heavy (non-hydrogen) atoms. The molecule has 62 valence electrons. The summed E-state index contributed by atoms with van der Waals surface area (Å²) in [5, 5.41) is -2.16. The minimum Gasteiger partial charge on any atom is -0.313 e. The summed E-state index contributed by atoms with van der Waals surface area (Å²) in [7, 11) is 0. The largest absolute Gasteiger partial charge is 0.421 e. The monoisotopic (exact) mass is 210 g/mol. The van der Waals surface area contributed by atoms with Crippen molar-refractivity contribution in [3.8, 4) is 0 Å². The first kappa shape index (κ1) is 10.7. The van der Waals surface area contributed by atoms with E-state index in [-0.39, 0.29) is 0 Å². The highest BCUT2D eigenvalue weighted by molar-refractivity contribution is 7.80. The number of hydrogen-bond acceptors (Lipinski definition) is 2. The maximum absolute atomic E-state index is 12.3. The van der Waals surface area contributed by atoms with E-state index in [0.29, 0.717) is 0 Å². The summed E-state index contributed by atoms with van der Waals surface area (Å²) in [6.07, 6.45) is 0. The van der Waals surface area contributed by atoms with Crippen LogP contribution in [0.1, 0.15) is 6.92 Å². The summed E-state index contributed by atoms with van der Waals surface area (Å²) in [6, 6.07) is 0. The summed E-state index contributed by atoms with van der Waals surface area (Å²) in [6.45, 7) is -3.84. The highest BCUT2D eigenvalue weighted by Crippen LogP contribution is 2.48. The Morgan fingerprint density at radius 3 is 2.40 bits per heavy atom. The summed E-state index contributed by atoms with van der Waals surface area (Å²) < 4.78 is 26.4. The first-order chi connectivity index (χ1) is 4.21. The summed E-state index contributed by atoms with van der Waals surface area (Å²) in [5.74, 6) is 0. The van der Waals surface area contributed by atoms with Crippen LogP contribution in [0.15, 0.2) is 0 Å². The van der Waals surface area contributed by atoms with Gasteiger partial charge in [-0.05, 0) is 6.92 Å². The normalized spacial score (nSPS) is 23.3. The molecule has 1 N–H and O–H groups in total. The number of hydrogen-bond donors (Lipinski definition) is 1. The Labute approximate surface area is 67.4 Å². The first-order valence-corrected chi connectivity index (χ1v) is 5.11. The SMILES string of the molecule is CC(F)(Cl)COP(=O)(O)Cl. The Kier molecular flexibility index (Phi) is 3.59. The van der Waals surface area contributed by atoms with Crippen molar-refractivity contribution in [2.75, 3.05) is 6.61 Å². The molecule has 0 amide bonds. The summed E-state index contributed by atoms with van der Waals surface area (Å²) in [4.78, 5) is 8.25. The maximum atomic E-state index is 12.3. The minimum absolute atomic E-state index is 0.716. The molecule has 0 saturated carbocycles. The van der Waals surface area contributed by atoms with Crippen molar-refractivity contribution in [2.45, 2.75) is 12.1 Å². The molecule has 2 unspecified atom stereocenters. The predicted molar refractivity (Wildman–Crippen MR) is 37.0 cm³/mol. The van der Waals surface area contributed by atoms with Crippen molar-refractivity contribution in [1.82, 2.24) is 0 Å². The molecular formula is C3H6Cl2FO3P. The third kappa shape index (κ3) is 8.66. The minimum atomic E-state index is -4.11. The number of rotatable bonds is 3. The van der Waals surface area contributed by atoms with E-state index in [9.17, 15) is 8.96 Å². The lowest BCUT2D eigenvalue weighted by Crippen LogP contribution is -2.15. The topological polar surface area (TPSA) is 46.5 Å². The van der Waals surface area contributed by atoms with Gasteiger partial charge in [0.2, 0.25) is 5.13 Å². The van der Waals surface area contributed by atoms with Gasteiger partial charge in [-0.25, -0.2) is 8.96 Å². The molecule has 0 fully saturated rings. The van der Waals surface area contributed by atoms with Crippen LogP contribution in [0, 0.1) is 0 Å². The highest BCUT2D eigenvalue weighted by Gasteiger charge is 2.24. The van der Waals surface area contributed by atoms with Gasteiger partial charge in [-0.3, -0.25) is 4.52 Å². The third-order valence-electron chi connectivity index (χ3n) is 0.477. The molecule has 0 spiro atoms. The van der Waals surface area contributed by atoms with Crippen LogP contribution in [0.25, 0.3) is 0 Å². The predicted octanol–water partition coefficient (Wildman–Crippen LogP) is 2.27. The van der Waals surface area contributed by atoms with E-state index in [4.69, 9.17) is 27.7 Å². The zero-order valence-corrected chi connectivity index (χ0v) is 7.46. The zero-order chi connectivity index (χ0) is 8.41. The van der Waals surface area contributed by atoms with Gasteiger partial charge in [0.05, 0.1) is 0 Å². The van der Waals surface area contributed by atoms with Gasteiger partial charge in [0.1, 0.15) is 6.61 Å². The molecule has 0 bridgehead atoms. The highest BCUT2D eigenvalue weighted by atomic mass is 35.7. The Balaban J connectivity index is 3.67. The smallest absolute Gasteiger partial charge is 0.313 e. The molecule has 0 aliphatic carbocycles. The molecule has 0 aliphatic rings. The van der Waals surface area contributed by atoms with E-state index >= 15 is 0 Å². The van der Waals surface area contributed by atoms with Gasteiger partial charge in [0.15, 0.2) is 0 Å². The Bertz CT molecular complexity index is 150. The lowest BCUT2D eigenvalue weighted by molar-refractivity contribution is 0.166. The van der Waals surface area contributed by atoms with Crippen LogP contribution in [0.2, 0.25) is 0 Å². The van der Waals surface area contributed by atoms with Crippen LogP contribution in [0.4, 0.5) is 4.39 Å². The van der Waals surface area contributed by atoms with Crippen molar-refractivity contribution in [1.29, 1.82) is 0 Å². The van der Waals surface area contributed by atoms with Gasteiger partial charge in [-0.15, -0.1) is 0 Å². The molecule has 3 nitrogen and oxygen atoms in total. The standard InChI is InChI=1S/C3H6Cl2FO3P/c1-3(4,6)2-9-10(5,7)8/h2H2,1H3,(H,7,8). The van der Waals surface area contributed by atoms with Gasteiger partial charge in [-0.1, -0.05) is 11.6 Å². The molecule has 0 heterocycles. The summed E-state index contributed by atoms with van der Waals surface area (Å²) in [5.41, 5.74) is 0. The fourth-order valence-electron chi connectivity index (χ4n) is 0.193. The second kappa shape index (κ2) is 3.37. The molecular weight excluding hydrogens is 205 g/mol. The average molecular weight is 211 g/mol. The van der Waals surface area contributed by atoms with Gasteiger partial charge < -0.3 is 4.89 Å². The molecule has 2 atom stereocenters. The Hall–Kier alpha value is 0.660. The van der Waals surface area contributed by atoms with E-state index in [1.807, 2.05) is 0 Å². The van der Waals surface area contributed by atoms with Gasteiger partial charge in [0, 0.05) is 11.2 Å². The molecule has 0 radical (unpaired) electrons. The van der Waals surface area contributed by atoms with Crippen molar-refractivity contribution < 1.29 is 18.4 Å². The van der Waals surface area contributed by atoms with Crippen LogP contribution in [-0.4, -0.2) is 16.6 Å². The van der Waals surface area contributed by atoms with Crippen molar-refractivity contribution in [3.05, 3.63) is 0 Å². The van der Waals surface area contributed by atoms with Crippen LogP contribution in [0.3, 0.4) is 0 Å². The maximum Gasteiger partial charge on any atom is 0.421 e. The molecule has 0 rings (SSSR count). The lowest BCUT2D eigenvalue weighted by atomic mass is 10.5. The van der Waals surface area contributed by atoms with E-state index in [2.05, 4.69) is 4.52 Å². The van der Waals surface area contributed by atoms with E-state index in [1.165, 1.54) is 0 Å². The van der Waals surface area contributed by atoms with Crippen LogP contribution in [0.5, 0.6) is 0 Å². The Morgan fingerprint density at radius 1 is 1.90 bits per heavy atom. The van der Waals surface area contributed by atoms with Crippen molar-refractivity contribution in [3.63, 3.8) is 0 Å². The molecule has 0 aromatic rings. The molecule has 0 aromatic heterocycles. The quantitative estimate of drug-likeness (QED) is 0.575. The van der Waals surface area contributed by atoms with Crippen LogP contribution in [-0.2, 0) is 9.09 Å². The van der Waals surface area contributed by atoms with Crippen LogP contribution < -0.4 is 0 Å². The number of halogens is 3. The number of alkyl halides is 2. The third-order valence-corrected chi connectivity index (χ3v) is 1.33. The fraction of sp³-hybridized carbons (Fsp3) is 1.00. The lowest BCUT2D eigenvalue weighted by Gasteiger charge is -2.11. The van der Waals surface area contributed by atoms with Gasteiger partial charge >= 0.3 is 6.95 Å². The zero-order valence-electron chi connectivity index (χ0n) is 5.05. The van der Waals surface area contributed by atoms with E-state index in [0.717, 1.165) is 6.92 Å². The summed E-state index contributed by atoms with van der Waals surface area (Å²) >= 11 is 9.66. The van der Waals surface area contributed by atoms with Gasteiger partial charge in [0.25, 0.3) is 0 Å². The second-order valence-electron chi connectivity index (χ2n) is 1.80. The van der Waals surface area contributed by atoms with E-state index < -0.39 is 18.7 Å². The second-order valence-corrected chi connectivity index (χ2v) is 5.03. The van der Waals surface area contributed by atoms with E-state index in [1.54, 1.807) is 0 Å². The fourth-order valence-corrected chi connectivity index (χ4v) is 0.872. The molecule has 0 aliphatic heterocycles. The molecule has 0 saturated heterocycles. The molecule has 7 heteroatoms. The molecule has 0 aromatic carbocycles.